The Morgan fingerprint density at radius 2 is 1.66 bits per heavy atom. The zero-order valence-electron chi connectivity index (χ0n) is 19.1. The highest BCUT2D eigenvalue weighted by molar-refractivity contribution is 7.89. The Kier molecular flexibility index (Phi) is 7.20. The summed E-state index contributed by atoms with van der Waals surface area (Å²) in [6, 6.07) is 8.34. The number of sulfonamides is 1. The minimum absolute atomic E-state index is 0.0559. The van der Waals surface area contributed by atoms with E-state index in [9.17, 15) is 22.0 Å². The number of rotatable bonds is 6. The standard InChI is InChI=1S/C22H27Cl2F2N5O3S/c1-29-15-18(27-16-29)35(33,34)31-13-11-30(12-14-31)20(7-9-21(25,26)10-8-20)22(23,24)28-19(32)17-5-3-2-4-6-17/h2-6,15-16H,7-14H2,1H3,(H,28,32). The summed E-state index contributed by atoms with van der Waals surface area (Å²) >= 11 is 13.5. The van der Waals surface area contributed by atoms with E-state index in [0.717, 1.165) is 0 Å². The first-order valence-corrected chi connectivity index (χ1v) is 13.4. The van der Waals surface area contributed by atoms with Crippen molar-refractivity contribution in [2.45, 2.75) is 46.6 Å². The first-order valence-electron chi connectivity index (χ1n) is 11.2. The van der Waals surface area contributed by atoms with E-state index in [0.29, 0.717) is 5.56 Å². The quantitative estimate of drug-likeness (QED) is 0.441. The van der Waals surface area contributed by atoms with E-state index in [1.165, 1.54) is 16.8 Å². The van der Waals surface area contributed by atoms with Crippen LogP contribution in [0, 0.1) is 0 Å². The fourth-order valence-electron chi connectivity index (χ4n) is 4.79. The molecule has 0 unspecified atom stereocenters. The molecule has 1 N–H and O–H groups in total. The largest absolute Gasteiger partial charge is 0.339 e. The molecule has 1 aromatic carbocycles. The lowest BCUT2D eigenvalue weighted by Crippen LogP contribution is -2.70. The highest BCUT2D eigenvalue weighted by atomic mass is 35.5. The van der Waals surface area contributed by atoms with Gasteiger partial charge in [-0.2, -0.15) is 4.31 Å². The van der Waals surface area contributed by atoms with E-state index in [-0.39, 0.29) is 44.0 Å². The van der Waals surface area contributed by atoms with Gasteiger partial charge in [-0.15, -0.1) is 0 Å². The van der Waals surface area contributed by atoms with Crippen LogP contribution in [0.3, 0.4) is 0 Å². The molecule has 13 heteroatoms. The Bertz CT molecular complexity index is 1160. The lowest BCUT2D eigenvalue weighted by atomic mass is 9.77. The van der Waals surface area contributed by atoms with Crippen molar-refractivity contribution in [2.75, 3.05) is 26.2 Å². The second-order valence-electron chi connectivity index (χ2n) is 9.05. The number of alkyl halides is 4. The van der Waals surface area contributed by atoms with Gasteiger partial charge in [-0.3, -0.25) is 9.69 Å². The number of carbonyl (C=O) groups excluding carboxylic acids is 1. The van der Waals surface area contributed by atoms with Gasteiger partial charge in [0.1, 0.15) is 0 Å². The molecule has 4 rings (SSSR count). The van der Waals surface area contributed by atoms with Gasteiger partial charge in [-0.1, -0.05) is 41.4 Å². The van der Waals surface area contributed by atoms with Gasteiger partial charge in [-0.25, -0.2) is 22.2 Å². The molecule has 1 saturated heterocycles. The highest BCUT2D eigenvalue weighted by Gasteiger charge is 2.58. The summed E-state index contributed by atoms with van der Waals surface area (Å²) in [5.74, 6) is -3.38. The Morgan fingerprint density at radius 1 is 1.06 bits per heavy atom. The first kappa shape index (κ1) is 26.3. The molecule has 1 aliphatic carbocycles. The van der Waals surface area contributed by atoms with Gasteiger partial charge in [0.2, 0.25) is 10.4 Å². The van der Waals surface area contributed by atoms with Crippen LogP contribution in [-0.4, -0.2) is 75.2 Å². The number of hydrogen-bond donors (Lipinski definition) is 1. The molecule has 0 spiro atoms. The van der Waals surface area contributed by atoms with Crippen LogP contribution in [0.2, 0.25) is 0 Å². The average molecular weight is 550 g/mol. The van der Waals surface area contributed by atoms with Crippen molar-refractivity contribution in [3.8, 4) is 0 Å². The van der Waals surface area contributed by atoms with Crippen molar-refractivity contribution in [3.63, 3.8) is 0 Å². The molecule has 2 aromatic rings. The molecule has 1 saturated carbocycles. The van der Waals surface area contributed by atoms with E-state index in [2.05, 4.69) is 10.3 Å². The number of benzene rings is 1. The molecule has 0 atom stereocenters. The van der Waals surface area contributed by atoms with Gasteiger partial charge >= 0.3 is 0 Å². The fourth-order valence-corrected chi connectivity index (χ4v) is 6.97. The van der Waals surface area contributed by atoms with E-state index in [1.54, 1.807) is 41.9 Å². The molecule has 2 fully saturated rings. The van der Waals surface area contributed by atoms with Gasteiger partial charge in [-0.05, 0) is 25.0 Å². The zero-order valence-corrected chi connectivity index (χ0v) is 21.5. The number of nitrogens with one attached hydrogen (secondary N) is 1. The first-order chi connectivity index (χ1) is 16.4. The number of hydrogen-bond acceptors (Lipinski definition) is 5. The molecule has 0 bridgehead atoms. The van der Waals surface area contributed by atoms with Gasteiger partial charge in [0.05, 0.1) is 11.9 Å². The highest BCUT2D eigenvalue weighted by Crippen LogP contribution is 2.50. The van der Waals surface area contributed by atoms with Crippen LogP contribution in [-0.2, 0) is 17.1 Å². The molecule has 35 heavy (non-hydrogen) atoms. The third-order valence-electron chi connectivity index (χ3n) is 6.83. The van der Waals surface area contributed by atoms with Crippen LogP contribution >= 0.6 is 23.2 Å². The van der Waals surface area contributed by atoms with Crippen molar-refractivity contribution in [2.24, 2.45) is 7.05 Å². The van der Waals surface area contributed by atoms with Crippen molar-refractivity contribution in [1.29, 1.82) is 0 Å². The van der Waals surface area contributed by atoms with E-state index in [1.807, 2.05) is 4.90 Å². The Labute approximate surface area is 213 Å². The Morgan fingerprint density at radius 3 is 2.20 bits per heavy atom. The molecule has 0 radical (unpaired) electrons. The minimum Gasteiger partial charge on any atom is -0.339 e. The van der Waals surface area contributed by atoms with Crippen LogP contribution in [0.5, 0.6) is 0 Å². The second-order valence-corrected chi connectivity index (χ2v) is 12.3. The molecular formula is C22H27Cl2F2N5O3S. The van der Waals surface area contributed by atoms with Crippen LogP contribution in [0.1, 0.15) is 36.0 Å². The van der Waals surface area contributed by atoms with Crippen molar-refractivity contribution in [1.82, 2.24) is 24.1 Å². The third kappa shape index (κ3) is 5.20. The maximum absolute atomic E-state index is 14.2. The number of carbonyl (C=O) groups is 1. The van der Waals surface area contributed by atoms with Crippen molar-refractivity contribution < 1.29 is 22.0 Å². The Hall–Kier alpha value is -1.79. The smallest absolute Gasteiger partial charge is 0.262 e. The lowest BCUT2D eigenvalue weighted by Gasteiger charge is -2.55. The molecule has 192 valence electrons. The summed E-state index contributed by atoms with van der Waals surface area (Å²) in [5.41, 5.74) is -0.871. The normalized spacial score (nSPS) is 21.5. The maximum Gasteiger partial charge on any atom is 0.262 e. The van der Waals surface area contributed by atoms with E-state index in [4.69, 9.17) is 23.2 Å². The fraction of sp³-hybridized carbons (Fsp3) is 0.545. The Balaban J connectivity index is 1.56. The monoisotopic (exact) mass is 549 g/mol. The van der Waals surface area contributed by atoms with Crippen LogP contribution in [0.15, 0.2) is 47.9 Å². The van der Waals surface area contributed by atoms with Crippen molar-refractivity contribution in [3.05, 3.63) is 48.4 Å². The summed E-state index contributed by atoms with van der Waals surface area (Å²) in [5, 5.41) is 2.58. The van der Waals surface area contributed by atoms with Crippen LogP contribution in [0.25, 0.3) is 0 Å². The van der Waals surface area contributed by atoms with Gasteiger partial charge in [0.25, 0.3) is 15.9 Å². The number of halogens is 4. The SMILES string of the molecule is Cn1cnc(S(=O)(=O)N2CCN(C3(C(Cl)(Cl)NC(=O)c4ccccc4)CCC(F)(F)CC3)CC2)c1. The number of imidazole rings is 1. The predicted octanol–water partition coefficient (Wildman–Crippen LogP) is 3.24. The topological polar surface area (TPSA) is 87.5 Å². The lowest BCUT2D eigenvalue weighted by molar-refractivity contribution is -0.0935. The van der Waals surface area contributed by atoms with Gasteiger partial charge in [0.15, 0.2) is 5.03 Å². The summed E-state index contributed by atoms with van der Waals surface area (Å²) < 4.78 is 55.2. The van der Waals surface area contributed by atoms with E-state index >= 15 is 0 Å². The number of aryl methyl sites for hydroxylation is 1. The van der Waals surface area contributed by atoms with Gasteiger partial charge in [0, 0.05) is 57.8 Å². The number of amides is 1. The number of piperazine rings is 1. The summed E-state index contributed by atoms with van der Waals surface area (Å²) in [6.07, 6.45) is 1.83. The minimum atomic E-state index is -3.81. The second kappa shape index (κ2) is 9.59. The average Bonchev–Trinajstić information content (AvgIpc) is 3.27. The predicted molar refractivity (Wildman–Crippen MR) is 128 cm³/mol. The number of aromatic nitrogens is 2. The molecule has 2 heterocycles. The zero-order chi connectivity index (χ0) is 25.5. The van der Waals surface area contributed by atoms with Gasteiger partial charge < -0.3 is 9.88 Å². The molecule has 1 aromatic heterocycles. The summed E-state index contributed by atoms with van der Waals surface area (Å²) in [7, 11) is -2.13. The molecule has 8 nitrogen and oxygen atoms in total. The van der Waals surface area contributed by atoms with Crippen LogP contribution in [0.4, 0.5) is 8.78 Å². The molecule has 1 amide bonds. The van der Waals surface area contributed by atoms with Crippen LogP contribution < -0.4 is 5.32 Å². The summed E-state index contributed by atoms with van der Waals surface area (Å²) in [4.78, 5) is 18.6. The van der Waals surface area contributed by atoms with E-state index < -0.39 is 44.7 Å². The summed E-state index contributed by atoms with van der Waals surface area (Å²) in [6.45, 7) is 0.626. The van der Waals surface area contributed by atoms with Crippen molar-refractivity contribution >= 4 is 39.1 Å². The molecular weight excluding hydrogens is 523 g/mol. The molecule has 1 aliphatic heterocycles. The maximum atomic E-state index is 14.2. The third-order valence-corrected chi connectivity index (χ3v) is 9.51. The molecule has 2 aliphatic rings. The number of nitrogens with zero attached hydrogens (tertiary/aromatic N) is 4.